The SMILES string of the molecule is CC/C=C\C/C=C\C/C=C\C/C=C\C/C=C\C/C=C\CCCCCCCCCCCCCCCCC(=O)OCC(COC(=O)CCCCCCC)OC(=O)CCCCCCCCC/C=C\C/C=C\CCCCCC. The molecular weight excluding hydrogens is 913 g/mol. The van der Waals surface area contributed by atoms with E-state index in [1.54, 1.807) is 0 Å². The zero-order chi connectivity index (χ0) is 53.6. The first kappa shape index (κ1) is 70.3. The summed E-state index contributed by atoms with van der Waals surface area (Å²) >= 11 is 0. The molecule has 1 atom stereocenters. The van der Waals surface area contributed by atoms with Crippen LogP contribution in [0.2, 0.25) is 0 Å². The highest BCUT2D eigenvalue weighted by molar-refractivity contribution is 5.71. The molecule has 74 heavy (non-hydrogen) atoms. The van der Waals surface area contributed by atoms with Crippen LogP contribution in [-0.2, 0) is 28.6 Å². The second-order valence-corrected chi connectivity index (χ2v) is 20.6. The van der Waals surface area contributed by atoms with Crippen molar-refractivity contribution in [3.63, 3.8) is 0 Å². The van der Waals surface area contributed by atoms with E-state index in [0.29, 0.717) is 19.3 Å². The Morgan fingerprint density at radius 2 is 0.527 bits per heavy atom. The van der Waals surface area contributed by atoms with Gasteiger partial charge in [0.15, 0.2) is 6.10 Å². The molecule has 0 aromatic carbocycles. The topological polar surface area (TPSA) is 78.9 Å². The van der Waals surface area contributed by atoms with Crippen molar-refractivity contribution in [1.29, 1.82) is 0 Å². The van der Waals surface area contributed by atoms with Crippen LogP contribution >= 0.6 is 0 Å². The lowest BCUT2D eigenvalue weighted by Gasteiger charge is -2.18. The lowest BCUT2D eigenvalue weighted by Crippen LogP contribution is -2.30. The lowest BCUT2D eigenvalue weighted by molar-refractivity contribution is -0.167. The molecule has 0 bridgehead atoms. The van der Waals surface area contributed by atoms with Gasteiger partial charge in [0.1, 0.15) is 13.2 Å². The van der Waals surface area contributed by atoms with Crippen LogP contribution in [0.25, 0.3) is 0 Å². The van der Waals surface area contributed by atoms with Crippen molar-refractivity contribution in [2.45, 2.75) is 303 Å². The molecule has 0 N–H and O–H groups in total. The van der Waals surface area contributed by atoms with Crippen molar-refractivity contribution in [3.8, 4) is 0 Å². The third kappa shape index (κ3) is 59.2. The number of carbonyl (C=O) groups is 3. The Morgan fingerprint density at radius 1 is 0.284 bits per heavy atom. The molecule has 424 valence electrons. The van der Waals surface area contributed by atoms with Crippen molar-refractivity contribution in [2.75, 3.05) is 13.2 Å². The molecule has 6 heteroatoms. The van der Waals surface area contributed by atoms with E-state index in [0.717, 1.165) is 116 Å². The van der Waals surface area contributed by atoms with Crippen LogP contribution in [0.4, 0.5) is 0 Å². The number of esters is 3. The van der Waals surface area contributed by atoms with Crippen LogP contribution in [0.3, 0.4) is 0 Å². The van der Waals surface area contributed by atoms with Crippen molar-refractivity contribution in [1.82, 2.24) is 0 Å². The average Bonchev–Trinajstić information content (AvgIpc) is 3.40. The molecule has 0 fully saturated rings. The first-order valence-corrected chi connectivity index (χ1v) is 31.2. The summed E-state index contributed by atoms with van der Waals surface area (Å²) in [5, 5.41) is 0. The summed E-state index contributed by atoms with van der Waals surface area (Å²) in [5.74, 6) is -0.894. The van der Waals surface area contributed by atoms with Gasteiger partial charge in [0.2, 0.25) is 0 Å². The van der Waals surface area contributed by atoms with E-state index in [4.69, 9.17) is 14.2 Å². The second-order valence-electron chi connectivity index (χ2n) is 20.6. The van der Waals surface area contributed by atoms with Crippen molar-refractivity contribution >= 4 is 17.9 Å². The summed E-state index contributed by atoms with van der Waals surface area (Å²) in [6.45, 7) is 6.43. The molecule has 0 aliphatic heterocycles. The van der Waals surface area contributed by atoms with Crippen molar-refractivity contribution in [3.05, 3.63) is 97.2 Å². The number of rotatable bonds is 56. The van der Waals surface area contributed by atoms with Crippen LogP contribution in [0.15, 0.2) is 97.2 Å². The molecule has 0 aromatic rings. The van der Waals surface area contributed by atoms with E-state index in [1.807, 2.05) is 0 Å². The van der Waals surface area contributed by atoms with E-state index in [1.165, 1.54) is 141 Å². The number of hydrogen-bond donors (Lipinski definition) is 0. The minimum absolute atomic E-state index is 0.0789. The maximum atomic E-state index is 12.8. The Bertz CT molecular complexity index is 1460. The van der Waals surface area contributed by atoms with Gasteiger partial charge in [-0.1, -0.05) is 272 Å². The molecule has 0 aliphatic carbocycles. The van der Waals surface area contributed by atoms with E-state index >= 15 is 0 Å². The van der Waals surface area contributed by atoms with Gasteiger partial charge in [-0.3, -0.25) is 14.4 Å². The number of unbranched alkanes of at least 4 members (excludes halogenated alkanes) is 29. The molecule has 0 amide bonds. The quantitative estimate of drug-likeness (QED) is 0.0261. The smallest absolute Gasteiger partial charge is 0.306 e. The first-order chi connectivity index (χ1) is 36.5. The molecule has 6 nitrogen and oxygen atoms in total. The predicted molar refractivity (Wildman–Crippen MR) is 320 cm³/mol. The maximum Gasteiger partial charge on any atom is 0.306 e. The highest BCUT2D eigenvalue weighted by Gasteiger charge is 2.19. The zero-order valence-electron chi connectivity index (χ0n) is 48.6. The average molecular weight is 1030 g/mol. The van der Waals surface area contributed by atoms with Gasteiger partial charge in [-0.25, -0.2) is 0 Å². The molecule has 1 unspecified atom stereocenters. The summed E-state index contributed by atoms with van der Waals surface area (Å²) in [7, 11) is 0. The van der Waals surface area contributed by atoms with E-state index in [2.05, 4.69) is 118 Å². The van der Waals surface area contributed by atoms with E-state index in [9.17, 15) is 14.4 Å². The summed E-state index contributed by atoms with van der Waals surface area (Å²) in [6.07, 6.45) is 83.2. The van der Waals surface area contributed by atoms with Gasteiger partial charge in [0.05, 0.1) is 0 Å². The summed E-state index contributed by atoms with van der Waals surface area (Å²) in [6, 6.07) is 0. The number of ether oxygens (including phenoxy) is 3. The van der Waals surface area contributed by atoms with Crippen molar-refractivity contribution < 1.29 is 28.6 Å². The molecule has 0 spiro atoms. The number of hydrogen-bond acceptors (Lipinski definition) is 6. The van der Waals surface area contributed by atoms with Gasteiger partial charge in [0.25, 0.3) is 0 Å². The standard InChI is InChI=1S/C68H116O6/c1-4-7-10-13-15-17-19-21-23-25-27-28-29-30-31-32-33-34-35-36-37-38-39-40-41-43-44-46-48-50-52-55-58-61-67(70)73-64-65(63-72-66(69)60-57-54-12-9-6-3)74-68(71)62-59-56-53-51-49-47-45-42-26-24-22-20-18-16-14-11-8-5-2/h7,10,15,17-18,20-21,23-24,26-28,30-31,33-34,65H,4-6,8-9,11-14,16,19,22,25,29,32,35-64H2,1-3H3/b10-7-,17-15-,20-18-,23-21-,26-24-,28-27-,31-30-,34-33-. The molecule has 0 aliphatic rings. The Balaban J connectivity index is 4.00. The second kappa shape index (κ2) is 61.9. The monoisotopic (exact) mass is 1030 g/mol. The minimum atomic E-state index is -0.777. The van der Waals surface area contributed by atoms with Gasteiger partial charge >= 0.3 is 17.9 Å². The zero-order valence-corrected chi connectivity index (χ0v) is 48.6. The summed E-state index contributed by atoms with van der Waals surface area (Å²) in [4.78, 5) is 37.9. The maximum absolute atomic E-state index is 12.8. The summed E-state index contributed by atoms with van der Waals surface area (Å²) in [5.41, 5.74) is 0. The molecule has 0 saturated heterocycles. The molecule has 0 rings (SSSR count). The Hall–Kier alpha value is -3.67. The fourth-order valence-electron chi connectivity index (χ4n) is 8.65. The van der Waals surface area contributed by atoms with Crippen LogP contribution in [0.1, 0.15) is 297 Å². The largest absolute Gasteiger partial charge is 0.462 e. The molecule has 0 saturated carbocycles. The fourth-order valence-corrected chi connectivity index (χ4v) is 8.65. The Morgan fingerprint density at radius 3 is 0.838 bits per heavy atom. The van der Waals surface area contributed by atoms with E-state index in [-0.39, 0.29) is 31.1 Å². The van der Waals surface area contributed by atoms with Gasteiger partial charge in [0, 0.05) is 19.3 Å². The van der Waals surface area contributed by atoms with Gasteiger partial charge < -0.3 is 14.2 Å². The predicted octanol–water partition coefficient (Wildman–Crippen LogP) is 21.3. The lowest BCUT2D eigenvalue weighted by atomic mass is 10.0. The van der Waals surface area contributed by atoms with Crippen molar-refractivity contribution in [2.24, 2.45) is 0 Å². The number of allylic oxidation sites excluding steroid dienone is 16. The molecule has 0 aromatic heterocycles. The highest BCUT2D eigenvalue weighted by Crippen LogP contribution is 2.16. The minimum Gasteiger partial charge on any atom is -0.462 e. The number of carbonyl (C=O) groups excluding carboxylic acids is 3. The van der Waals surface area contributed by atoms with Gasteiger partial charge in [-0.05, 0) is 103 Å². The molecule has 0 radical (unpaired) electrons. The summed E-state index contributed by atoms with van der Waals surface area (Å²) < 4.78 is 16.7. The molecule has 0 heterocycles. The van der Waals surface area contributed by atoms with Crippen LogP contribution in [-0.4, -0.2) is 37.2 Å². The first-order valence-electron chi connectivity index (χ1n) is 31.2. The molecular formula is C68H116O6. The Kier molecular flexibility index (Phi) is 58.8. The third-order valence-corrected chi connectivity index (χ3v) is 13.3. The van der Waals surface area contributed by atoms with Gasteiger partial charge in [-0.15, -0.1) is 0 Å². The van der Waals surface area contributed by atoms with Crippen LogP contribution in [0.5, 0.6) is 0 Å². The third-order valence-electron chi connectivity index (χ3n) is 13.3. The highest BCUT2D eigenvalue weighted by atomic mass is 16.6. The van der Waals surface area contributed by atoms with Gasteiger partial charge in [-0.2, -0.15) is 0 Å². The van der Waals surface area contributed by atoms with E-state index < -0.39 is 6.10 Å². The van der Waals surface area contributed by atoms with Crippen LogP contribution in [0, 0.1) is 0 Å². The van der Waals surface area contributed by atoms with Crippen LogP contribution < -0.4 is 0 Å². The Labute approximate surface area is 457 Å². The fraction of sp³-hybridized carbons (Fsp3) is 0.721. The normalized spacial score (nSPS) is 12.7.